The van der Waals surface area contributed by atoms with Crippen molar-refractivity contribution in [2.75, 3.05) is 6.54 Å². The molecule has 2 heterocycles. The molecule has 0 fully saturated rings. The largest absolute Gasteiger partial charge is 0.416 e. The molecule has 0 amide bonds. The third-order valence-electron chi connectivity index (χ3n) is 2.81. The van der Waals surface area contributed by atoms with E-state index < -0.39 is 17.8 Å². The number of alkyl halides is 3. The number of hydrogen-bond acceptors (Lipinski definition) is 4. The van der Waals surface area contributed by atoms with E-state index in [1.54, 1.807) is 5.38 Å². The van der Waals surface area contributed by atoms with Crippen molar-refractivity contribution in [1.82, 2.24) is 15.3 Å². The zero-order valence-corrected chi connectivity index (χ0v) is 11.8. The van der Waals surface area contributed by atoms with Crippen LogP contribution < -0.4 is 5.32 Å². The van der Waals surface area contributed by atoms with E-state index in [1.165, 1.54) is 17.5 Å². The summed E-state index contributed by atoms with van der Waals surface area (Å²) in [6, 6.07) is 0.397. The summed E-state index contributed by atoms with van der Waals surface area (Å²) in [5, 5.41) is 5.64. The van der Waals surface area contributed by atoms with Crippen molar-refractivity contribution in [3.05, 3.63) is 45.7 Å². The first-order valence-electron chi connectivity index (χ1n) is 6.10. The molecule has 108 valence electrons. The maximum Gasteiger partial charge on any atom is 0.416 e. The van der Waals surface area contributed by atoms with Crippen molar-refractivity contribution in [2.24, 2.45) is 0 Å². The topological polar surface area (TPSA) is 37.8 Å². The van der Waals surface area contributed by atoms with E-state index in [9.17, 15) is 13.2 Å². The summed E-state index contributed by atoms with van der Waals surface area (Å²) in [6.07, 6.45) is -2.00. The minimum Gasteiger partial charge on any atom is -0.305 e. The van der Waals surface area contributed by atoms with Gasteiger partial charge < -0.3 is 5.32 Å². The number of rotatable bonds is 4. The van der Waals surface area contributed by atoms with Gasteiger partial charge in [0, 0.05) is 23.3 Å². The van der Waals surface area contributed by atoms with Crippen LogP contribution in [0.2, 0.25) is 0 Å². The maximum atomic E-state index is 13.1. The SMILES string of the molecule is CCNC(c1csc(C)n1)c1cnccc1C(F)(F)F. The van der Waals surface area contributed by atoms with Gasteiger partial charge in [-0.3, -0.25) is 4.98 Å². The summed E-state index contributed by atoms with van der Waals surface area (Å²) in [6.45, 7) is 4.20. The van der Waals surface area contributed by atoms with Gasteiger partial charge in [-0.05, 0) is 19.5 Å². The van der Waals surface area contributed by atoms with Crippen LogP contribution in [0.1, 0.15) is 34.8 Å². The Kier molecular flexibility index (Phi) is 4.39. The Morgan fingerprint density at radius 1 is 1.40 bits per heavy atom. The molecule has 0 saturated heterocycles. The number of aromatic nitrogens is 2. The molecular formula is C13H14F3N3S. The van der Waals surface area contributed by atoms with E-state index in [4.69, 9.17) is 0 Å². The predicted octanol–water partition coefficient (Wildman–Crippen LogP) is 3.56. The Hall–Kier alpha value is -1.47. The van der Waals surface area contributed by atoms with Crippen LogP contribution in [0, 0.1) is 6.92 Å². The van der Waals surface area contributed by atoms with E-state index in [0.29, 0.717) is 12.2 Å². The third kappa shape index (κ3) is 3.16. The predicted molar refractivity (Wildman–Crippen MR) is 71.6 cm³/mol. The van der Waals surface area contributed by atoms with Gasteiger partial charge in [-0.1, -0.05) is 6.92 Å². The highest BCUT2D eigenvalue weighted by Crippen LogP contribution is 2.36. The zero-order chi connectivity index (χ0) is 14.8. The molecule has 1 atom stereocenters. The average Bonchev–Trinajstić information content (AvgIpc) is 2.81. The van der Waals surface area contributed by atoms with E-state index >= 15 is 0 Å². The molecule has 1 unspecified atom stereocenters. The van der Waals surface area contributed by atoms with Crippen LogP contribution in [-0.2, 0) is 6.18 Å². The number of pyridine rings is 1. The summed E-state index contributed by atoms with van der Waals surface area (Å²) in [5.41, 5.74) is 0.0177. The van der Waals surface area contributed by atoms with Crippen LogP contribution in [0.4, 0.5) is 13.2 Å². The lowest BCUT2D eigenvalue weighted by molar-refractivity contribution is -0.138. The monoisotopic (exact) mass is 301 g/mol. The fourth-order valence-corrected chi connectivity index (χ4v) is 2.62. The molecule has 0 spiro atoms. The molecule has 2 aromatic heterocycles. The number of hydrogen-bond donors (Lipinski definition) is 1. The molecule has 1 N–H and O–H groups in total. The summed E-state index contributed by atoms with van der Waals surface area (Å²) in [4.78, 5) is 8.12. The Bertz CT molecular complexity index is 580. The average molecular weight is 301 g/mol. The van der Waals surface area contributed by atoms with Crippen LogP contribution in [0.3, 0.4) is 0 Å². The second-order valence-corrected chi connectivity index (χ2v) is 5.30. The van der Waals surface area contributed by atoms with Crippen molar-refractivity contribution >= 4 is 11.3 Å². The van der Waals surface area contributed by atoms with Crippen LogP contribution in [0.25, 0.3) is 0 Å². The molecule has 0 aromatic carbocycles. The smallest absolute Gasteiger partial charge is 0.305 e. The van der Waals surface area contributed by atoms with Gasteiger partial charge in [0.25, 0.3) is 0 Å². The van der Waals surface area contributed by atoms with Crippen molar-refractivity contribution in [1.29, 1.82) is 0 Å². The van der Waals surface area contributed by atoms with Crippen molar-refractivity contribution in [3.8, 4) is 0 Å². The first-order chi connectivity index (χ1) is 9.43. The highest BCUT2D eigenvalue weighted by Gasteiger charge is 2.36. The van der Waals surface area contributed by atoms with Crippen molar-refractivity contribution in [2.45, 2.75) is 26.1 Å². The number of nitrogens with one attached hydrogen (secondary N) is 1. The Morgan fingerprint density at radius 3 is 2.70 bits per heavy atom. The fourth-order valence-electron chi connectivity index (χ4n) is 1.99. The van der Waals surface area contributed by atoms with Gasteiger partial charge in [0.2, 0.25) is 0 Å². The second kappa shape index (κ2) is 5.88. The molecule has 3 nitrogen and oxygen atoms in total. The number of halogens is 3. The quantitative estimate of drug-likeness (QED) is 0.938. The first kappa shape index (κ1) is 14.9. The van der Waals surface area contributed by atoms with Gasteiger partial charge in [-0.15, -0.1) is 11.3 Å². The fraction of sp³-hybridized carbons (Fsp3) is 0.385. The molecule has 7 heteroatoms. The van der Waals surface area contributed by atoms with Gasteiger partial charge in [0.05, 0.1) is 22.3 Å². The van der Waals surface area contributed by atoms with Gasteiger partial charge in [-0.25, -0.2) is 4.98 Å². The van der Waals surface area contributed by atoms with Gasteiger partial charge in [0.15, 0.2) is 0 Å². The van der Waals surface area contributed by atoms with E-state index in [2.05, 4.69) is 15.3 Å². The first-order valence-corrected chi connectivity index (χ1v) is 6.98. The summed E-state index contributed by atoms with van der Waals surface area (Å²) in [5.74, 6) is 0. The van der Waals surface area contributed by atoms with E-state index in [0.717, 1.165) is 17.3 Å². The van der Waals surface area contributed by atoms with Gasteiger partial charge in [0.1, 0.15) is 0 Å². The minimum atomic E-state index is -4.41. The molecular weight excluding hydrogens is 287 g/mol. The summed E-state index contributed by atoms with van der Waals surface area (Å²) >= 11 is 1.41. The Morgan fingerprint density at radius 2 is 2.15 bits per heavy atom. The third-order valence-corrected chi connectivity index (χ3v) is 3.60. The second-order valence-electron chi connectivity index (χ2n) is 4.24. The van der Waals surface area contributed by atoms with Crippen LogP contribution in [0.15, 0.2) is 23.8 Å². The lowest BCUT2D eigenvalue weighted by Crippen LogP contribution is -2.25. The summed E-state index contributed by atoms with van der Waals surface area (Å²) < 4.78 is 39.3. The van der Waals surface area contributed by atoms with Gasteiger partial charge in [-0.2, -0.15) is 13.2 Å². The molecule has 0 saturated carbocycles. The lowest BCUT2D eigenvalue weighted by Gasteiger charge is -2.20. The van der Waals surface area contributed by atoms with Crippen LogP contribution in [-0.4, -0.2) is 16.5 Å². The molecule has 0 aliphatic rings. The standard InChI is InChI=1S/C13H14F3N3S/c1-3-18-12(11-7-20-8(2)19-11)9-6-17-5-4-10(9)13(14,15)16/h4-7,12,18H,3H2,1-2H3. The molecule has 0 aliphatic heterocycles. The van der Waals surface area contributed by atoms with Crippen molar-refractivity contribution < 1.29 is 13.2 Å². The number of aryl methyl sites for hydroxylation is 1. The highest BCUT2D eigenvalue weighted by atomic mass is 32.1. The highest BCUT2D eigenvalue weighted by molar-refractivity contribution is 7.09. The Balaban J connectivity index is 2.50. The molecule has 0 aliphatic carbocycles. The lowest BCUT2D eigenvalue weighted by atomic mass is 10.0. The van der Waals surface area contributed by atoms with Crippen molar-refractivity contribution in [3.63, 3.8) is 0 Å². The minimum absolute atomic E-state index is 0.104. The molecule has 2 aromatic rings. The number of thiazole rings is 1. The normalized spacial score (nSPS) is 13.4. The summed E-state index contributed by atoms with van der Waals surface area (Å²) in [7, 11) is 0. The van der Waals surface area contributed by atoms with Crippen LogP contribution >= 0.6 is 11.3 Å². The van der Waals surface area contributed by atoms with E-state index in [-0.39, 0.29) is 5.56 Å². The molecule has 20 heavy (non-hydrogen) atoms. The van der Waals surface area contributed by atoms with E-state index in [1.807, 2.05) is 13.8 Å². The van der Waals surface area contributed by atoms with Crippen LogP contribution in [0.5, 0.6) is 0 Å². The van der Waals surface area contributed by atoms with Gasteiger partial charge >= 0.3 is 6.18 Å². The molecule has 2 rings (SSSR count). The Labute approximate surface area is 118 Å². The number of nitrogens with zero attached hydrogens (tertiary/aromatic N) is 2. The maximum absolute atomic E-state index is 13.1. The molecule has 0 bridgehead atoms. The zero-order valence-electron chi connectivity index (χ0n) is 11.0. The molecule has 0 radical (unpaired) electrons.